The van der Waals surface area contributed by atoms with Crippen molar-refractivity contribution in [3.63, 3.8) is 0 Å². The van der Waals surface area contributed by atoms with E-state index in [9.17, 15) is 14.3 Å². The van der Waals surface area contributed by atoms with Crippen molar-refractivity contribution in [1.82, 2.24) is 14.7 Å². The number of hydrogen-bond acceptors (Lipinski definition) is 6. The molecule has 0 bridgehead atoms. The molecule has 2 aromatic carbocycles. The van der Waals surface area contributed by atoms with Gasteiger partial charge >= 0.3 is 5.76 Å². The molecule has 1 saturated heterocycles. The molecule has 27 heavy (non-hydrogen) atoms. The first-order chi connectivity index (χ1) is 13.1. The zero-order valence-corrected chi connectivity index (χ0v) is 14.6. The summed E-state index contributed by atoms with van der Waals surface area (Å²) < 4.78 is 19.5. The van der Waals surface area contributed by atoms with Crippen LogP contribution in [0.2, 0.25) is 0 Å². The molecular weight excluding hydrogens is 351 g/mol. The maximum atomic E-state index is 13.0. The van der Waals surface area contributed by atoms with Gasteiger partial charge in [-0.15, -0.1) is 5.10 Å². The Balaban J connectivity index is 1.41. The van der Waals surface area contributed by atoms with Crippen LogP contribution in [-0.2, 0) is 6.67 Å². The van der Waals surface area contributed by atoms with Crippen molar-refractivity contribution in [3.8, 4) is 17.2 Å². The fraction of sp³-hybridized carbons (Fsp3) is 0.263. The minimum absolute atomic E-state index is 0.174. The molecule has 0 aliphatic carbocycles. The molecule has 140 valence electrons. The summed E-state index contributed by atoms with van der Waals surface area (Å²) in [6, 6.07) is 12.9. The summed E-state index contributed by atoms with van der Waals surface area (Å²) >= 11 is 0. The third-order valence-corrected chi connectivity index (χ3v) is 4.63. The average molecular weight is 370 g/mol. The SMILES string of the molecule is O=c1oc(-c2ccc(F)cc2)nn1CN1CCN(c2ccccc2O)CC1. The molecule has 0 radical (unpaired) electrons. The van der Waals surface area contributed by atoms with Gasteiger partial charge in [-0.05, 0) is 36.4 Å². The van der Waals surface area contributed by atoms with Crippen molar-refractivity contribution in [1.29, 1.82) is 0 Å². The van der Waals surface area contributed by atoms with E-state index in [2.05, 4.69) is 14.9 Å². The Kier molecular flexibility index (Phi) is 4.64. The number of benzene rings is 2. The van der Waals surface area contributed by atoms with E-state index in [-0.39, 0.29) is 17.5 Å². The van der Waals surface area contributed by atoms with Gasteiger partial charge < -0.3 is 14.4 Å². The summed E-state index contributed by atoms with van der Waals surface area (Å²) in [6.45, 7) is 3.22. The maximum Gasteiger partial charge on any atom is 0.438 e. The summed E-state index contributed by atoms with van der Waals surface area (Å²) in [5.41, 5.74) is 1.37. The molecule has 8 heteroatoms. The lowest BCUT2D eigenvalue weighted by Gasteiger charge is -2.35. The van der Waals surface area contributed by atoms with E-state index in [1.807, 2.05) is 12.1 Å². The number of anilines is 1. The van der Waals surface area contributed by atoms with Gasteiger partial charge in [0.1, 0.15) is 18.2 Å². The van der Waals surface area contributed by atoms with Gasteiger partial charge in [0.25, 0.3) is 0 Å². The molecule has 1 N–H and O–H groups in total. The molecule has 2 heterocycles. The van der Waals surface area contributed by atoms with Gasteiger partial charge in [-0.2, -0.15) is 4.68 Å². The fourth-order valence-electron chi connectivity index (χ4n) is 3.16. The highest BCUT2D eigenvalue weighted by molar-refractivity contribution is 5.57. The second-order valence-corrected chi connectivity index (χ2v) is 6.41. The summed E-state index contributed by atoms with van der Waals surface area (Å²) in [5, 5.41) is 14.2. The molecule has 3 aromatic rings. The van der Waals surface area contributed by atoms with E-state index in [1.54, 1.807) is 12.1 Å². The number of phenolic OH excluding ortho intramolecular Hbond substituents is 1. The van der Waals surface area contributed by atoms with Crippen LogP contribution in [-0.4, -0.2) is 46.0 Å². The normalized spacial score (nSPS) is 15.2. The van der Waals surface area contributed by atoms with E-state index in [0.29, 0.717) is 12.2 Å². The Morgan fingerprint density at radius 3 is 2.44 bits per heavy atom. The van der Waals surface area contributed by atoms with Crippen LogP contribution in [0, 0.1) is 5.82 Å². The largest absolute Gasteiger partial charge is 0.506 e. The van der Waals surface area contributed by atoms with E-state index >= 15 is 0 Å². The lowest BCUT2D eigenvalue weighted by atomic mass is 10.2. The van der Waals surface area contributed by atoms with Crippen molar-refractivity contribution in [2.45, 2.75) is 6.67 Å². The number of nitrogens with zero attached hydrogens (tertiary/aromatic N) is 4. The van der Waals surface area contributed by atoms with E-state index in [4.69, 9.17) is 4.42 Å². The monoisotopic (exact) mass is 370 g/mol. The Labute approximate surface area is 154 Å². The second kappa shape index (κ2) is 7.24. The van der Waals surface area contributed by atoms with Crippen molar-refractivity contribution in [2.75, 3.05) is 31.1 Å². The molecule has 1 fully saturated rings. The molecule has 0 spiro atoms. The van der Waals surface area contributed by atoms with Crippen LogP contribution in [0.3, 0.4) is 0 Å². The maximum absolute atomic E-state index is 13.0. The van der Waals surface area contributed by atoms with Gasteiger partial charge in [-0.1, -0.05) is 12.1 Å². The number of aromatic hydroxyl groups is 1. The molecule has 7 nitrogen and oxygen atoms in total. The van der Waals surface area contributed by atoms with Gasteiger partial charge in [0.05, 0.1) is 5.69 Å². The van der Waals surface area contributed by atoms with E-state index in [0.717, 1.165) is 31.9 Å². The smallest absolute Gasteiger partial charge is 0.438 e. The number of para-hydroxylation sites is 2. The number of rotatable bonds is 4. The summed E-state index contributed by atoms with van der Waals surface area (Å²) in [6.07, 6.45) is 0. The Bertz CT molecular complexity index is 975. The van der Waals surface area contributed by atoms with Crippen LogP contribution in [0.25, 0.3) is 11.5 Å². The van der Waals surface area contributed by atoms with Gasteiger partial charge in [0.2, 0.25) is 5.89 Å². The van der Waals surface area contributed by atoms with Crippen LogP contribution in [0.1, 0.15) is 0 Å². The summed E-state index contributed by atoms with van der Waals surface area (Å²) in [7, 11) is 0. The van der Waals surface area contributed by atoms with E-state index in [1.165, 1.54) is 28.9 Å². The van der Waals surface area contributed by atoms with Crippen molar-refractivity contribution < 1.29 is 13.9 Å². The molecule has 4 rings (SSSR count). The van der Waals surface area contributed by atoms with Gasteiger partial charge in [0, 0.05) is 31.7 Å². The minimum atomic E-state index is -0.544. The molecular formula is C19H19FN4O3. The molecule has 1 aliphatic heterocycles. The third-order valence-electron chi connectivity index (χ3n) is 4.63. The van der Waals surface area contributed by atoms with Gasteiger partial charge in [0.15, 0.2) is 0 Å². The summed E-state index contributed by atoms with van der Waals surface area (Å²) in [4.78, 5) is 16.3. The van der Waals surface area contributed by atoms with Gasteiger partial charge in [-0.3, -0.25) is 4.90 Å². The van der Waals surface area contributed by atoms with Crippen molar-refractivity contribution in [2.24, 2.45) is 0 Å². The van der Waals surface area contributed by atoms with Crippen LogP contribution < -0.4 is 10.7 Å². The second-order valence-electron chi connectivity index (χ2n) is 6.41. The quantitative estimate of drug-likeness (QED) is 0.758. The molecule has 1 aliphatic rings. The topological polar surface area (TPSA) is 74.7 Å². The molecule has 0 amide bonds. The number of hydrogen-bond donors (Lipinski definition) is 1. The predicted molar refractivity (Wildman–Crippen MR) is 98.0 cm³/mol. The molecule has 0 saturated carbocycles. The minimum Gasteiger partial charge on any atom is -0.506 e. The predicted octanol–water partition coefficient (Wildman–Crippen LogP) is 2.13. The first-order valence-electron chi connectivity index (χ1n) is 8.69. The highest BCUT2D eigenvalue weighted by atomic mass is 19.1. The van der Waals surface area contributed by atoms with Crippen LogP contribution in [0.4, 0.5) is 10.1 Å². The average Bonchev–Trinajstić information content (AvgIpc) is 3.04. The highest BCUT2D eigenvalue weighted by Gasteiger charge is 2.21. The van der Waals surface area contributed by atoms with Crippen LogP contribution >= 0.6 is 0 Å². The first kappa shape index (κ1) is 17.3. The first-order valence-corrected chi connectivity index (χ1v) is 8.69. The van der Waals surface area contributed by atoms with E-state index < -0.39 is 5.76 Å². The molecule has 1 aromatic heterocycles. The highest BCUT2D eigenvalue weighted by Crippen LogP contribution is 2.27. The standard InChI is InChI=1S/C19H19FN4O3/c20-15-7-5-14(6-8-15)18-21-24(19(26)27-18)13-22-9-11-23(12-10-22)16-3-1-2-4-17(16)25/h1-8,25H,9-13H2. The number of aromatic nitrogens is 2. The zero-order chi connectivity index (χ0) is 18.8. The van der Waals surface area contributed by atoms with Crippen LogP contribution in [0.5, 0.6) is 5.75 Å². The summed E-state index contributed by atoms with van der Waals surface area (Å²) in [5.74, 6) is -0.462. The van der Waals surface area contributed by atoms with Gasteiger partial charge in [-0.25, -0.2) is 9.18 Å². The zero-order valence-electron chi connectivity index (χ0n) is 14.6. The Morgan fingerprint density at radius 1 is 1.04 bits per heavy atom. The Morgan fingerprint density at radius 2 is 1.74 bits per heavy atom. The number of phenols is 1. The lowest BCUT2D eigenvalue weighted by molar-refractivity contribution is 0.189. The molecule has 0 atom stereocenters. The number of piperazine rings is 1. The lowest BCUT2D eigenvalue weighted by Crippen LogP contribution is -2.47. The Hall–Kier alpha value is -3.13. The fourth-order valence-corrected chi connectivity index (χ4v) is 3.16. The molecule has 0 unspecified atom stereocenters. The third kappa shape index (κ3) is 3.70. The number of halogens is 1. The van der Waals surface area contributed by atoms with Crippen molar-refractivity contribution >= 4 is 5.69 Å². The van der Waals surface area contributed by atoms with Crippen LogP contribution in [0.15, 0.2) is 57.7 Å². The van der Waals surface area contributed by atoms with Crippen molar-refractivity contribution in [3.05, 3.63) is 64.9 Å².